The zero-order valence-corrected chi connectivity index (χ0v) is 17.5. The lowest BCUT2D eigenvalue weighted by Crippen LogP contribution is -2.50. The van der Waals surface area contributed by atoms with Crippen LogP contribution >= 0.6 is 0 Å². The average Bonchev–Trinajstić information content (AvgIpc) is 3.42. The Bertz CT molecular complexity index is 848. The highest BCUT2D eigenvalue weighted by Crippen LogP contribution is 2.56. The van der Waals surface area contributed by atoms with Crippen LogP contribution in [0, 0.1) is 29.6 Å². The van der Waals surface area contributed by atoms with Crippen molar-refractivity contribution in [2.24, 2.45) is 29.6 Å². The first kappa shape index (κ1) is 20.6. The third kappa shape index (κ3) is 3.30. The van der Waals surface area contributed by atoms with Gasteiger partial charge in [-0.3, -0.25) is 19.3 Å². The highest BCUT2D eigenvalue weighted by Gasteiger charge is 2.62. The molecule has 3 aliphatic rings. The molecule has 160 valence electrons. The molecule has 7 heteroatoms. The summed E-state index contributed by atoms with van der Waals surface area (Å²) in [7, 11) is 1.53. The zero-order valence-electron chi connectivity index (χ0n) is 17.5. The van der Waals surface area contributed by atoms with E-state index in [0.29, 0.717) is 11.3 Å². The maximum atomic E-state index is 13.1. The molecule has 7 nitrogen and oxygen atoms in total. The smallest absolute Gasteiger partial charge is 0.330 e. The molecule has 0 radical (unpaired) electrons. The zero-order chi connectivity index (χ0) is 21.6. The van der Waals surface area contributed by atoms with Crippen molar-refractivity contribution in [1.82, 2.24) is 4.90 Å². The summed E-state index contributed by atoms with van der Waals surface area (Å²) in [5.74, 6) is -1.31. The van der Waals surface area contributed by atoms with Gasteiger partial charge in [0.2, 0.25) is 11.8 Å². The number of imide groups is 1. The van der Waals surface area contributed by atoms with E-state index in [4.69, 9.17) is 9.47 Å². The number of fused-ring (bicyclic) bond motifs is 5. The largest absolute Gasteiger partial charge is 0.497 e. The summed E-state index contributed by atoms with van der Waals surface area (Å²) in [6.07, 6.45) is 2.89. The monoisotopic (exact) mass is 413 g/mol. The molecule has 2 amide bonds. The van der Waals surface area contributed by atoms with Crippen molar-refractivity contribution < 1.29 is 28.7 Å². The summed E-state index contributed by atoms with van der Waals surface area (Å²) in [6, 6.07) is 5.50. The highest BCUT2D eigenvalue weighted by molar-refractivity contribution is 6.09. The van der Waals surface area contributed by atoms with Gasteiger partial charge in [0.05, 0.1) is 18.9 Å². The average molecular weight is 413 g/mol. The number of ketones is 1. The Kier molecular flexibility index (Phi) is 5.38. The summed E-state index contributed by atoms with van der Waals surface area (Å²) in [4.78, 5) is 52.5. The first-order valence-corrected chi connectivity index (χ1v) is 10.5. The lowest BCUT2D eigenvalue weighted by atomic mass is 9.81. The molecule has 1 aromatic rings. The van der Waals surface area contributed by atoms with Crippen LogP contribution in [0.25, 0.3) is 0 Å². The number of likely N-dealkylation sites (tertiary alicyclic amines) is 1. The molecule has 0 unspecified atom stereocenters. The molecule has 2 aliphatic carbocycles. The van der Waals surface area contributed by atoms with Gasteiger partial charge in [-0.05, 0) is 61.3 Å². The van der Waals surface area contributed by atoms with Crippen LogP contribution in [0.3, 0.4) is 0 Å². The number of hydrogen-bond acceptors (Lipinski definition) is 6. The lowest BCUT2D eigenvalue weighted by molar-refractivity contribution is -0.160. The summed E-state index contributed by atoms with van der Waals surface area (Å²) in [5, 5.41) is 0. The van der Waals surface area contributed by atoms with Gasteiger partial charge in [-0.1, -0.05) is 13.8 Å². The van der Waals surface area contributed by atoms with Crippen LogP contribution in [0.15, 0.2) is 24.3 Å². The van der Waals surface area contributed by atoms with E-state index in [1.165, 1.54) is 7.11 Å². The SMILES string of the molecule is COc1ccc(C(=O)COC(=O)[C@@H](C(C)C)N2C(=O)[C@@H]3[C@@H]4CC[C@@H](C4)[C@@H]3C2=O)cc1. The molecule has 3 fully saturated rings. The molecule has 0 aromatic heterocycles. The number of Topliss-reactive ketones (excluding diaryl/α,β-unsaturated/α-hetero) is 1. The molecule has 30 heavy (non-hydrogen) atoms. The molecule has 0 N–H and O–H groups in total. The van der Waals surface area contributed by atoms with E-state index >= 15 is 0 Å². The van der Waals surface area contributed by atoms with Crippen molar-refractivity contribution in [3.63, 3.8) is 0 Å². The Morgan fingerprint density at radius 3 is 2.10 bits per heavy atom. The number of carbonyl (C=O) groups is 4. The van der Waals surface area contributed by atoms with Crippen LogP contribution in [0.1, 0.15) is 43.5 Å². The van der Waals surface area contributed by atoms with Crippen molar-refractivity contribution in [3.05, 3.63) is 29.8 Å². The molecule has 1 heterocycles. The molecule has 0 spiro atoms. The van der Waals surface area contributed by atoms with Gasteiger partial charge in [-0.15, -0.1) is 0 Å². The van der Waals surface area contributed by atoms with Gasteiger partial charge in [-0.2, -0.15) is 0 Å². The fourth-order valence-electron chi connectivity index (χ4n) is 5.46. The molecule has 1 saturated heterocycles. The number of rotatable bonds is 7. The molecular weight excluding hydrogens is 386 g/mol. The molecule has 2 saturated carbocycles. The van der Waals surface area contributed by atoms with Crippen molar-refractivity contribution in [2.45, 2.75) is 39.2 Å². The number of nitrogens with zero attached hydrogens (tertiary/aromatic N) is 1. The van der Waals surface area contributed by atoms with Gasteiger partial charge < -0.3 is 9.47 Å². The van der Waals surface area contributed by atoms with Crippen LogP contribution in [0.4, 0.5) is 0 Å². The van der Waals surface area contributed by atoms with Gasteiger partial charge in [0, 0.05) is 5.56 Å². The van der Waals surface area contributed by atoms with E-state index in [-0.39, 0.29) is 47.2 Å². The van der Waals surface area contributed by atoms with E-state index < -0.39 is 18.6 Å². The molecular formula is C23H27NO6. The number of hydrogen-bond donors (Lipinski definition) is 0. The summed E-state index contributed by atoms with van der Waals surface area (Å²) >= 11 is 0. The topological polar surface area (TPSA) is 90.0 Å². The quantitative estimate of drug-likeness (QED) is 0.388. The second-order valence-corrected chi connectivity index (χ2v) is 8.88. The predicted molar refractivity (Wildman–Crippen MR) is 107 cm³/mol. The minimum atomic E-state index is -1.00. The minimum absolute atomic E-state index is 0.241. The number of esters is 1. The van der Waals surface area contributed by atoms with Crippen molar-refractivity contribution >= 4 is 23.6 Å². The van der Waals surface area contributed by atoms with E-state index in [1.807, 2.05) is 0 Å². The van der Waals surface area contributed by atoms with Gasteiger partial charge in [0.25, 0.3) is 0 Å². The van der Waals surface area contributed by atoms with Gasteiger partial charge >= 0.3 is 5.97 Å². The van der Waals surface area contributed by atoms with Crippen LogP contribution in [-0.4, -0.2) is 48.2 Å². The van der Waals surface area contributed by atoms with Gasteiger partial charge in [-0.25, -0.2) is 4.79 Å². The molecule has 2 bridgehead atoms. The van der Waals surface area contributed by atoms with E-state index in [0.717, 1.165) is 24.2 Å². The molecule has 5 atom stereocenters. The molecule has 4 rings (SSSR count). The fourth-order valence-corrected chi connectivity index (χ4v) is 5.46. The molecule has 1 aromatic carbocycles. The van der Waals surface area contributed by atoms with Gasteiger partial charge in [0.15, 0.2) is 12.4 Å². The maximum absolute atomic E-state index is 13.1. The van der Waals surface area contributed by atoms with E-state index in [9.17, 15) is 19.2 Å². The summed E-state index contributed by atoms with van der Waals surface area (Å²) in [6.45, 7) is 3.11. The number of benzene rings is 1. The fraction of sp³-hybridized carbons (Fsp3) is 0.565. The maximum Gasteiger partial charge on any atom is 0.330 e. The predicted octanol–water partition coefficient (Wildman–Crippen LogP) is 2.48. The Morgan fingerprint density at radius 1 is 1.03 bits per heavy atom. The van der Waals surface area contributed by atoms with Gasteiger partial charge in [0.1, 0.15) is 11.8 Å². The van der Waals surface area contributed by atoms with Crippen molar-refractivity contribution in [3.8, 4) is 5.75 Å². The highest BCUT2D eigenvalue weighted by atomic mass is 16.5. The number of carbonyl (C=O) groups excluding carboxylic acids is 4. The Hall–Kier alpha value is -2.70. The van der Waals surface area contributed by atoms with Crippen molar-refractivity contribution in [2.75, 3.05) is 13.7 Å². The lowest BCUT2D eigenvalue weighted by Gasteiger charge is -2.28. The Labute approximate surface area is 175 Å². The third-order valence-corrected chi connectivity index (χ3v) is 6.87. The minimum Gasteiger partial charge on any atom is -0.497 e. The second-order valence-electron chi connectivity index (χ2n) is 8.88. The molecule has 1 aliphatic heterocycles. The van der Waals surface area contributed by atoms with Crippen LogP contribution in [-0.2, 0) is 19.1 Å². The van der Waals surface area contributed by atoms with Crippen molar-refractivity contribution in [1.29, 1.82) is 0 Å². The van der Waals surface area contributed by atoms with Crippen LogP contribution in [0.5, 0.6) is 5.75 Å². The number of amides is 2. The summed E-state index contributed by atoms with van der Waals surface area (Å²) in [5.41, 5.74) is 0.393. The Balaban J connectivity index is 1.45. The first-order chi connectivity index (χ1) is 14.3. The van der Waals surface area contributed by atoms with Crippen LogP contribution in [0.2, 0.25) is 0 Å². The standard InChI is InChI=1S/C23H27NO6/c1-12(2)20(23(28)30-11-17(25)13-6-8-16(29-3)9-7-13)24-21(26)18-14-4-5-15(10-14)19(18)22(24)27/h6-9,12,14-15,18-20H,4-5,10-11H2,1-3H3/t14-,15+,18-,19+,20-/m1/s1. The van der Waals surface area contributed by atoms with Crippen LogP contribution < -0.4 is 4.74 Å². The third-order valence-electron chi connectivity index (χ3n) is 6.87. The van der Waals surface area contributed by atoms with E-state index in [2.05, 4.69) is 0 Å². The second kappa shape index (κ2) is 7.85. The van der Waals surface area contributed by atoms with E-state index in [1.54, 1.807) is 38.1 Å². The number of ether oxygens (including phenoxy) is 2. The first-order valence-electron chi connectivity index (χ1n) is 10.5. The normalized spacial score (nSPS) is 28.1. The Morgan fingerprint density at radius 2 is 1.60 bits per heavy atom. The summed E-state index contributed by atoms with van der Waals surface area (Å²) < 4.78 is 10.3. The number of methoxy groups -OCH3 is 1.